The van der Waals surface area contributed by atoms with Crippen LogP contribution < -0.4 is 4.74 Å². The molecule has 1 saturated heterocycles. The van der Waals surface area contributed by atoms with Crippen LogP contribution in [0.3, 0.4) is 0 Å². The predicted octanol–water partition coefficient (Wildman–Crippen LogP) is 6.05. The van der Waals surface area contributed by atoms with E-state index in [2.05, 4.69) is 0 Å². The standard InChI is InChI=1S/C23H18ClNO3S2/c1-27-18-7-5-15(6-8-18)11-12-25-22(26)21(30-23(25)29)14-19-9-10-20(28-19)16-3-2-4-17(24)13-16/h2-10,13-14H,11-12H2,1H3/b21-14+. The first-order valence-electron chi connectivity index (χ1n) is 9.27. The predicted molar refractivity (Wildman–Crippen MR) is 126 cm³/mol. The van der Waals surface area contributed by atoms with Gasteiger partial charge in [-0.25, -0.2) is 0 Å². The zero-order valence-corrected chi connectivity index (χ0v) is 18.5. The van der Waals surface area contributed by atoms with Crippen molar-refractivity contribution in [1.82, 2.24) is 4.90 Å². The molecule has 0 unspecified atom stereocenters. The molecule has 0 saturated carbocycles. The lowest BCUT2D eigenvalue weighted by Crippen LogP contribution is -2.30. The fourth-order valence-electron chi connectivity index (χ4n) is 3.08. The van der Waals surface area contributed by atoms with Crippen molar-refractivity contribution in [3.63, 3.8) is 0 Å². The van der Waals surface area contributed by atoms with Gasteiger partial charge < -0.3 is 9.15 Å². The van der Waals surface area contributed by atoms with Crippen LogP contribution in [0.5, 0.6) is 5.75 Å². The maximum absolute atomic E-state index is 12.8. The van der Waals surface area contributed by atoms with Crippen molar-refractivity contribution in [3.8, 4) is 17.1 Å². The van der Waals surface area contributed by atoms with Crippen LogP contribution >= 0.6 is 35.6 Å². The van der Waals surface area contributed by atoms with E-state index in [-0.39, 0.29) is 5.91 Å². The van der Waals surface area contributed by atoms with Crippen LogP contribution in [-0.2, 0) is 11.2 Å². The molecule has 7 heteroatoms. The number of hydrogen-bond donors (Lipinski definition) is 0. The number of hydrogen-bond acceptors (Lipinski definition) is 5. The van der Waals surface area contributed by atoms with Gasteiger partial charge in [-0.1, -0.05) is 59.8 Å². The number of halogens is 1. The Labute approximate surface area is 189 Å². The van der Waals surface area contributed by atoms with Crippen molar-refractivity contribution in [1.29, 1.82) is 0 Å². The van der Waals surface area contributed by atoms with Crippen molar-refractivity contribution < 1.29 is 13.9 Å². The number of carbonyl (C=O) groups excluding carboxylic acids is 1. The number of benzene rings is 2. The van der Waals surface area contributed by atoms with Crippen molar-refractivity contribution in [3.05, 3.63) is 81.9 Å². The van der Waals surface area contributed by atoms with Crippen LogP contribution in [0.15, 0.2) is 70.0 Å². The third-order valence-corrected chi connectivity index (χ3v) is 6.28. The van der Waals surface area contributed by atoms with Crippen molar-refractivity contribution in [2.24, 2.45) is 0 Å². The van der Waals surface area contributed by atoms with Crippen LogP contribution in [-0.4, -0.2) is 28.8 Å². The first-order chi connectivity index (χ1) is 14.5. The van der Waals surface area contributed by atoms with Gasteiger partial charge in [-0.2, -0.15) is 0 Å². The van der Waals surface area contributed by atoms with Gasteiger partial charge in [0.2, 0.25) is 0 Å². The summed E-state index contributed by atoms with van der Waals surface area (Å²) in [5, 5.41) is 0.642. The molecule has 30 heavy (non-hydrogen) atoms. The molecule has 2 heterocycles. The molecule has 3 aromatic rings. The first-order valence-corrected chi connectivity index (χ1v) is 10.9. The summed E-state index contributed by atoms with van der Waals surface area (Å²) in [4.78, 5) is 15.0. The highest BCUT2D eigenvalue weighted by Crippen LogP contribution is 2.34. The van der Waals surface area contributed by atoms with E-state index in [0.29, 0.717) is 38.7 Å². The van der Waals surface area contributed by atoms with Crippen molar-refractivity contribution in [2.75, 3.05) is 13.7 Å². The minimum Gasteiger partial charge on any atom is -0.497 e. The number of rotatable bonds is 6. The van der Waals surface area contributed by atoms with Crippen LogP contribution in [0.1, 0.15) is 11.3 Å². The highest BCUT2D eigenvalue weighted by Gasteiger charge is 2.31. The maximum atomic E-state index is 12.8. The van der Waals surface area contributed by atoms with Gasteiger partial charge >= 0.3 is 0 Å². The second-order valence-corrected chi connectivity index (χ2v) is 8.76. The van der Waals surface area contributed by atoms with E-state index in [0.717, 1.165) is 16.9 Å². The average Bonchev–Trinajstić information content (AvgIpc) is 3.32. The molecule has 0 spiro atoms. The molecule has 2 aromatic carbocycles. The number of amides is 1. The van der Waals surface area contributed by atoms with E-state index in [1.807, 2.05) is 60.7 Å². The highest BCUT2D eigenvalue weighted by molar-refractivity contribution is 8.26. The largest absolute Gasteiger partial charge is 0.497 e. The number of ether oxygens (including phenoxy) is 1. The molecule has 0 radical (unpaired) electrons. The molecular formula is C23H18ClNO3S2. The zero-order chi connectivity index (χ0) is 21.1. The number of thioether (sulfide) groups is 1. The van der Waals surface area contributed by atoms with Gasteiger partial charge in [-0.05, 0) is 48.4 Å². The Kier molecular flexibility index (Phi) is 6.27. The summed E-state index contributed by atoms with van der Waals surface area (Å²) in [5.74, 6) is 2.00. The molecule has 1 fully saturated rings. The van der Waals surface area contributed by atoms with Crippen LogP contribution in [0.2, 0.25) is 5.02 Å². The topological polar surface area (TPSA) is 42.7 Å². The molecule has 4 rings (SSSR count). The summed E-state index contributed by atoms with van der Waals surface area (Å²) in [6, 6.07) is 18.9. The second kappa shape index (κ2) is 9.08. The monoisotopic (exact) mass is 455 g/mol. The average molecular weight is 456 g/mol. The number of carbonyl (C=O) groups is 1. The van der Waals surface area contributed by atoms with Crippen molar-refractivity contribution >= 4 is 51.9 Å². The zero-order valence-electron chi connectivity index (χ0n) is 16.1. The van der Waals surface area contributed by atoms with Gasteiger partial charge in [0, 0.05) is 23.2 Å². The minimum absolute atomic E-state index is 0.0979. The van der Waals surface area contributed by atoms with E-state index in [9.17, 15) is 4.79 Å². The maximum Gasteiger partial charge on any atom is 0.266 e. The van der Waals surface area contributed by atoms with Gasteiger partial charge in [0.1, 0.15) is 21.6 Å². The Bertz CT molecular complexity index is 1120. The lowest BCUT2D eigenvalue weighted by Gasteiger charge is -2.14. The molecule has 0 bridgehead atoms. The lowest BCUT2D eigenvalue weighted by atomic mass is 10.1. The SMILES string of the molecule is COc1ccc(CCN2C(=O)/C(=C\c3ccc(-c4cccc(Cl)c4)o3)SC2=S)cc1. The first kappa shape index (κ1) is 20.7. The molecule has 0 aliphatic carbocycles. The second-order valence-electron chi connectivity index (χ2n) is 6.64. The molecule has 1 aliphatic rings. The third-order valence-electron chi connectivity index (χ3n) is 4.67. The van der Waals surface area contributed by atoms with E-state index >= 15 is 0 Å². The van der Waals surface area contributed by atoms with Gasteiger partial charge in [-0.15, -0.1) is 0 Å². The summed E-state index contributed by atoms with van der Waals surface area (Å²) in [6.45, 7) is 0.528. The fraction of sp³-hybridized carbons (Fsp3) is 0.130. The van der Waals surface area contributed by atoms with Crippen molar-refractivity contribution in [2.45, 2.75) is 6.42 Å². The Morgan fingerprint density at radius 2 is 1.97 bits per heavy atom. The summed E-state index contributed by atoms with van der Waals surface area (Å²) < 4.78 is 11.6. The van der Waals surface area contributed by atoms with E-state index in [4.69, 9.17) is 33.0 Å². The van der Waals surface area contributed by atoms with E-state index in [1.54, 1.807) is 18.1 Å². The van der Waals surface area contributed by atoms with Gasteiger partial charge in [0.25, 0.3) is 5.91 Å². The summed E-state index contributed by atoms with van der Waals surface area (Å²) in [6.07, 6.45) is 2.45. The normalized spacial score (nSPS) is 15.3. The molecule has 0 atom stereocenters. The van der Waals surface area contributed by atoms with Crippen LogP contribution in [0.4, 0.5) is 0 Å². The van der Waals surface area contributed by atoms with Gasteiger partial charge in [0.15, 0.2) is 0 Å². The van der Waals surface area contributed by atoms with E-state index < -0.39 is 0 Å². The Morgan fingerprint density at radius 3 is 2.70 bits per heavy atom. The number of thiocarbonyl (C=S) groups is 1. The molecular weight excluding hydrogens is 438 g/mol. The quantitative estimate of drug-likeness (QED) is 0.334. The number of nitrogens with zero attached hydrogens (tertiary/aromatic N) is 1. The van der Waals surface area contributed by atoms with Crippen LogP contribution in [0.25, 0.3) is 17.4 Å². The number of methoxy groups -OCH3 is 1. The minimum atomic E-state index is -0.0979. The molecule has 1 aromatic heterocycles. The lowest BCUT2D eigenvalue weighted by molar-refractivity contribution is -0.122. The smallest absolute Gasteiger partial charge is 0.266 e. The Hall–Kier alpha value is -2.54. The third kappa shape index (κ3) is 4.61. The fourth-order valence-corrected chi connectivity index (χ4v) is 4.56. The van der Waals surface area contributed by atoms with Gasteiger partial charge in [0.05, 0.1) is 12.0 Å². The molecule has 152 valence electrons. The Morgan fingerprint density at radius 1 is 1.17 bits per heavy atom. The molecule has 0 N–H and O–H groups in total. The molecule has 1 amide bonds. The summed E-state index contributed by atoms with van der Waals surface area (Å²) in [5.41, 5.74) is 2.00. The van der Waals surface area contributed by atoms with Crippen LogP contribution in [0, 0.1) is 0 Å². The highest BCUT2D eigenvalue weighted by atomic mass is 35.5. The number of furan rings is 1. The summed E-state index contributed by atoms with van der Waals surface area (Å²) >= 11 is 12.8. The summed E-state index contributed by atoms with van der Waals surface area (Å²) in [7, 11) is 1.64. The van der Waals surface area contributed by atoms with Gasteiger partial charge in [-0.3, -0.25) is 9.69 Å². The molecule has 1 aliphatic heterocycles. The van der Waals surface area contributed by atoms with E-state index in [1.165, 1.54) is 11.8 Å². The molecule has 4 nitrogen and oxygen atoms in total. The Balaban J connectivity index is 1.45.